The van der Waals surface area contributed by atoms with Crippen molar-refractivity contribution >= 4 is 23.9 Å². The molecule has 0 saturated carbocycles. The lowest BCUT2D eigenvalue weighted by Crippen LogP contribution is -2.62. The van der Waals surface area contributed by atoms with Gasteiger partial charge in [0.15, 0.2) is 12.2 Å². The zero-order valence-electron chi connectivity index (χ0n) is 16.8. The topological polar surface area (TPSA) is 124 Å². The largest absolute Gasteiger partial charge is 0.466 e. The normalized spacial score (nSPS) is 27.4. The molecule has 1 aliphatic rings. The second kappa shape index (κ2) is 10.6. The van der Waals surface area contributed by atoms with Gasteiger partial charge in [-0.3, -0.25) is 19.2 Å². The molecule has 0 aliphatic carbocycles. The molecule has 0 radical (unpaired) electrons. The molecule has 1 fully saturated rings. The summed E-state index contributed by atoms with van der Waals surface area (Å²) < 4.78 is 32.2. The molecular weight excluding hydrogens is 376 g/mol. The number of rotatable bonds is 7. The van der Waals surface area contributed by atoms with Crippen molar-refractivity contribution < 1.29 is 47.6 Å². The third-order valence-corrected chi connectivity index (χ3v) is 3.66. The van der Waals surface area contributed by atoms with Crippen LogP contribution in [0.4, 0.5) is 0 Å². The summed E-state index contributed by atoms with van der Waals surface area (Å²) in [6.45, 7) is 7.74. The first-order valence-electron chi connectivity index (χ1n) is 8.65. The monoisotopic (exact) mass is 402 g/mol. The van der Waals surface area contributed by atoms with E-state index in [4.69, 9.17) is 28.4 Å². The molecular formula is C18H26O10. The molecule has 1 aliphatic heterocycles. The Kier molecular flexibility index (Phi) is 8.90. The standard InChI is InChI=1S/C18H26O10/c1-7-9(2)24-18-17(27-13(6)22)16(26-12(5)21)15(25-11(4)20)14(28-18)8-23-10(3)19/h7,14-18H,8H2,1-6H3/b9-7+/t14?,15-,16?,17?,18-/m1/s1. The van der Waals surface area contributed by atoms with Crippen LogP contribution in [0.5, 0.6) is 0 Å². The number of carbonyl (C=O) groups excluding carboxylic acids is 4. The average Bonchev–Trinajstić information content (AvgIpc) is 2.57. The molecule has 28 heavy (non-hydrogen) atoms. The zero-order chi connectivity index (χ0) is 21.4. The van der Waals surface area contributed by atoms with Crippen LogP contribution in [0.15, 0.2) is 11.8 Å². The SMILES string of the molecule is C/C=C(\C)O[C@@H]1OC(COC(C)=O)[C@@H](OC(C)=O)C(OC(C)=O)C1OC(C)=O. The first-order valence-corrected chi connectivity index (χ1v) is 8.65. The van der Waals surface area contributed by atoms with E-state index in [1.807, 2.05) is 0 Å². The summed E-state index contributed by atoms with van der Waals surface area (Å²) in [6, 6.07) is 0. The van der Waals surface area contributed by atoms with Crippen LogP contribution < -0.4 is 0 Å². The van der Waals surface area contributed by atoms with Crippen LogP contribution in [0.3, 0.4) is 0 Å². The maximum Gasteiger partial charge on any atom is 0.303 e. The Hall–Kier alpha value is -2.62. The summed E-state index contributed by atoms with van der Waals surface area (Å²) in [4.78, 5) is 46.1. The van der Waals surface area contributed by atoms with Gasteiger partial charge in [0.2, 0.25) is 12.4 Å². The van der Waals surface area contributed by atoms with Crippen LogP contribution in [0.2, 0.25) is 0 Å². The van der Waals surface area contributed by atoms with Gasteiger partial charge in [-0.25, -0.2) is 0 Å². The van der Waals surface area contributed by atoms with E-state index in [9.17, 15) is 19.2 Å². The predicted octanol–water partition coefficient (Wildman–Crippen LogP) is 1.01. The van der Waals surface area contributed by atoms with Gasteiger partial charge in [0.25, 0.3) is 0 Å². The summed E-state index contributed by atoms with van der Waals surface area (Å²) in [5, 5.41) is 0. The van der Waals surface area contributed by atoms with Crippen molar-refractivity contribution in [3.8, 4) is 0 Å². The highest BCUT2D eigenvalue weighted by Crippen LogP contribution is 2.30. The van der Waals surface area contributed by atoms with E-state index in [-0.39, 0.29) is 6.61 Å². The van der Waals surface area contributed by atoms with Gasteiger partial charge < -0.3 is 28.4 Å². The Morgan fingerprint density at radius 2 is 1.25 bits per heavy atom. The third kappa shape index (κ3) is 7.18. The van der Waals surface area contributed by atoms with Gasteiger partial charge in [0.05, 0.1) is 5.76 Å². The Bertz CT molecular complexity index is 626. The van der Waals surface area contributed by atoms with Crippen molar-refractivity contribution in [3.05, 3.63) is 11.8 Å². The molecule has 0 N–H and O–H groups in total. The molecule has 0 aromatic carbocycles. The van der Waals surface area contributed by atoms with E-state index in [2.05, 4.69) is 0 Å². The fraction of sp³-hybridized carbons (Fsp3) is 0.667. The highest BCUT2D eigenvalue weighted by molar-refractivity contribution is 5.68. The Balaban J connectivity index is 3.32. The molecule has 1 rings (SSSR count). The summed E-state index contributed by atoms with van der Waals surface area (Å²) in [6.07, 6.45) is -4.25. The number of esters is 4. The molecule has 5 atom stereocenters. The lowest BCUT2D eigenvalue weighted by atomic mass is 9.98. The first-order chi connectivity index (χ1) is 13.0. The van der Waals surface area contributed by atoms with Crippen LogP contribution in [-0.2, 0) is 47.6 Å². The van der Waals surface area contributed by atoms with E-state index < -0.39 is 54.6 Å². The van der Waals surface area contributed by atoms with Crippen molar-refractivity contribution in [3.63, 3.8) is 0 Å². The smallest absolute Gasteiger partial charge is 0.303 e. The molecule has 0 aromatic rings. The fourth-order valence-electron chi connectivity index (χ4n) is 2.53. The minimum Gasteiger partial charge on any atom is -0.466 e. The van der Waals surface area contributed by atoms with Crippen LogP contribution in [0.25, 0.3) is 0 Å². The molecule has 1 heterocycles. The van der Waals surface area contributed by atoms with E-state index in [1.54, 1.807) is 19.9 Å². The zero-order valence-corrected chi connectivity index (χ0v) is 16.8. The lowest BCUT2D eigenvalue weighted by molar-refractivity contribution is -0.299. The van der Waals surface area contributed by atoms with Gasteiger partial charge >= 0.3 is 23.9 Å². The summed E-state index contributed by atoms with van der Waals surface area (Å²) in [7, 11) is 0. The van der Waals surface area contributed by atoms with E-state index >= 15 is 0 Å². The molecule has 3 unspecified atom stereocenters. The summed E-state index contributed by atoms with van der Waals surface area (Å²) in [5.74, 6) is -2.21. The van der Waals surface area contributed by atoms with Crippen molar-refractivity contribution in [1.29, 1.82) is 0 Å². The minimum absolute atomic E-state index is 0.299. The second-order valence-electron chi connectivity index (χ2n) is 6.08. The van der Waals surface area contributed by atoms with Gasteiger partial charge in [-0.2, -0.15) is 0 Å². The third-order valence-electron chi connectivity index (χ3n) is 3.66. The first kappa shape index (κ1) is 23.4. The highest BCUT2D eigenvalue weighted by Gasteiger charge is 2.53. The Morgan fingerprint density at radius 3 is 1.71 bits per heavy atom. The lowest BCUT2D eigenvalue weighted by Gasteiger charge is -2.44. The number of carbonyl (C=O) groups is 4. The molecule has 0 aromatic heterocycles. The van der Waals surface area contributed by atoms with Crippen LogP contribution in [-0.4, -0.2) is 61.2 Å². The fourth-order valence-corrected chi connectivity index (χ4v) is 2.53. The van der Waals surface area contributed by atoms with E-state index in [0.717, 1.165) is 20.8 Å². The maximum atomic E-state index is 11.7. The summed E-state index contributed by atoms with van der Waals surface area (Å²) >= 11 is 0. The molecule has 158 valence electrons. The molecule has 0 spiro atoms. The quantitative estimate of drug-likeness (QED) is 0.346. The van der Waals surface area contributed by atoms with Gasteiger partial charge in [-0.05, 0) is 19.9 Å². The number of ether oxygens (including phenoxy) is 6. The number of hydrogen-bond acceptors (Lipinski definition) is 10. The Labute approximate surface area is 163 Å². The van der Waals surface area contributed by atoms with Crippen molar-refractivity contribution in [2.45, 2.75) is 72.2 Å². The molecule has 0 bridgehead atoms. The van der Waals surface area contributed by atoms with Crippen molar-refractivity contribution in [1.82, 2.24) is 0 Å². The molecule has 10 heteroatoms. The van der Waals surface area contributed by atoms with Crippen molar-refractivity contribution in [2.24, 2.45) is 0 Å². The average molecular weight is 402 g/mol. The highest BCUT2D eigenvalue weighted by atomic mass is 16.7. The van der Waals surface area contributed by atoms with Crippen LogP contribution in [0.1, 0.15) is 41.5 Å². The van der Waals surface area contributed by atoms with E-state index in [0.29, 0.717) is 5.76 Å². The van der Waals surface area contributed by atoms with Crippen molar-refractivity contribution in [2.75, 3.05) is 6.61 Å². The molecule has 0 amide bonds. The second-order valence-corrected chi connectivity index (χ2v) is 6.08. The van der Waals surface area contributed by atoms with Crippen LogP contribution in [0, 0.1) is 0 Å². The predicted molar refractivity (Wildman–Crippen MR) is 92.5 cm³/mol. The van der Waals surface area contributed by atoms with Gasteiger partial charge in [0.1, 0.15) is 12.7 Å². The minimum atomic E-state index is -1.24. The number of allylic oxidation sites excluding steroid dienone is 2. The maximum absolute atomic E-state index is 11.7. The van der Waals surface area contributed by atoms with Gasteiger partial charge in [-0.15, -0.1) is 0 Å². The number of hydrogen-bond donors (Lipinski definition) is 0. The van der Waals surface area contributed by atoms with Crippen LogP contribution >= 0.6 is 0 Å². The molecule has 1 saturated heterocycles. The van der Waals surface area contributed by atoms with Gasteiger partial charge in [0, 0.05) is 27.7 Å². The van der Waals surface area contributed by atoms with Gasteiger partial charge in [-0.1, -0.05) is 0 Å². The molecule has 10 nitrogen and oxygen atoms in total. The Morgan fingerprint density at radius 1 is 0.750 bits per heavy atom. The summed E-state index contributed by atoms with van der Waals surface area (Å²) in [5.41, 5.74) is 0. The van der Waals surface area contributed by atoms with E-state index in [1.165, 1.54) is 6.92 Å².